The summed E-state index contributed by atoms with van der Waals surface area (Å²) < 4.78 is 0. The largest absolute Gasteiger partial charge is 0.399 e. The molecule has 17 heavy (non-hydrogen) atoms. The highest BCUT2D eigenvalue weighted by Crippen LogP contribution is 2.19. The highest BCUT2D eigenvalue weighted by atomic mass is 14.9. The van der Waals surface area contributed by atoms with Gasteiger partial charge in [0, 0.05) is 11.7 Å². The van der Waals surface area contributed by atoms with Crippen LogP contribution in [-0.2, 0) is 0 Å². The van der Waals surface area contributed by atoms with Crippen LogP contribution < -0.4 is 11.1 Å². The molecular formula is C14H21N3. The van der Waals surface area contributed by atoms with E-state index in [1.54, 1.807) is 6.07 Å². The third kappa shape index (κ3) is 4.36. The van der Waals surface area contributed by atoms with Crippen molar-refractivity contribution in [3.63, 3.8) is 0 Å². The van der Waals surface area contributed by atoms with Gasteiger partial charge in [-0.2, -0.15) is 5.26 Å². The molecule has 0 aliphatic heterocycles. The number of rotatable bonds is 6. The minimum absolute atomic E-state index is 0.386. The third-order valence-electron chi connectivity index (χ3n) is 2.81. The van der Waals surface area contributed by atoms with Crippen LogP contribution in [-0.4, -0.2) is 6.04 Å². The Kier molecular flexibility index (Phi) is 5.35. The van der Waals surface area contributed by atoms with Gasteiger partial charge < -0.3 is 11.1 Å². The van der Waals surface area contributed by atoms with E-state index in [-0.39, 0.29) is 0 Å². The highest BCUT2D eigenvalue weighted by Gasteiger charge is 2.06. The lowest BCUT2D eigenvalue weighted by Gasteiger charge is -2.16. The third-order valence-corrected chi connectivity index (χ3v) is 2.81. The predicted octanol–water partition coefficient (Wildman–Crippen LogP) is 3.52. The molecule has 1 rings (SSSR count). The van der Waals surface area contributed by atoms with Gasteiger partial charge in [0.15, 0.2) is 0 Å². The number of hydrogen-bond acceptors (Lipinski definition) is 3. The number of unbranched alkanes of at least 4 members (excludes halogenated alkanes) is 2. The fourth-order valence-electron chi connectivity index (χ4n) is 1.82. The second-order valence-electron chi connectivity index (χ2n) is 4.46. The molecule has 1 atom stereocenters. The zero-order valence-electron chi connectivity index (χ0n) is 10.7. The highest BCUT2D eigenvalue weighted by molar-refractivity contribution is 5.63. The van der Waals surface area contributed by atoms with Crippen molar-refractivity contribution in [1.82, 2.24) is 0 Å². The average Bonchev–Trinajstić information content (AvgIpc) is 2.32. The SMILES string of the molecule is CCCCCC(C)Nc1ccc(N)cc1C#N. The van der Waals surface area contributed by atoms with Gasteiger partial charge in [-0.1, -0.05) is 26.2 Å². The molecule has 0 saturated heterocycles. The van der Waals surface area contributed by atoms with E-state index in [1.807, 2.05) is 12.1 Å². The number of benzene rings is 1. The number of hydrogen-bond donors (Lipinski definition) is 2. The van der Waals surface area contributed by atoms with Crippen LogP contribution in [0.15, 0.2) is 18.2 Å². The van der Waals surface area contributed by atoms with E-state index < -0.39 is 0 Å². The molecule has 92 valence electrons. The number of nitriles is 1. The number of anilines is 2. The van der Waals surface area contributed by atoms with E-state index in [4.69, 9.17) is 11.0 Å². The first-order valence-corrected chi connectivity index (χ1v) is 6.23. The monoisotopic (exact) mass is 231 g/mol. The van der Waals surface area contributed by atoms with Gasteiger partial charge in [0.1, 0.15) is 6.07 Å². The smallest absolute Gasteiger partial charge is 0.101 e. The lowest BCUT2D eigenvalue weighted by Crippen LogP contribution is -2.15. The number of nitrogens with two attached hydrogens (primary N) is 1. The summed E-state index contributed by atoms with van der Waals surface area (Å²) in [4.78, 5) is 0. The molecule has 1 unspecified atom stereocenters. The molecule has 3 heteroatoms. The Balaban J connectivity index is 2.59. The fraction of sp³-hybridized carbons (Fsp3) is 0.500. The van der Waals surface area contributed by atoms with Gasteiger partial charge in [-0.15, -0.1) is 0 Å². The molecule has 0 bridgehead atoms. The molecule has 1 aromatic rings. The topological polar surface area (TPSA) is 61.8 Å². The van der Waals surface area contributed by atoms with Gasteiger partial charge in [0.25, 0.3) is 0 Å². The van der Waals surface area contributed by atoms with E-state index in [9.17, 15) is 0 Å². The van der Waals surface area contributed by atoms with Crippen LogP contribution in [0.25, 0.3) is 0 Å². The summed E-state index contributed by atoms with van der Waals surface area (Å²) >= 11 is 0. The van der Waals surface area contributed by atoms with Crippen molar-refractivity contribution in [3.8, 4) is 6.07 Å². The quantitative estimate of drug-likeness (QED) is 0.581. The van der Waals surface area contributed by atoms with Crippen LogP contribution in [0.5, 0.6) is 0 Å². The zero-order valence-corrected chi connectivity index (χ0v) is 10.7. The minimum Gasteiger partial charge on any atom is -0.399 e. The van der Waals surface area contributed by atoms with Crippen molar-refractivity contribution in [2.24, 2.45) is 0 Å². The summed E-state index contributed by atoms with van der Waals surface area (Å²) in [5, 5.41) is 12.4. The first-order valence-electron chi connectivity index (χ1n) is 6.23. The maximum atomic E-state index is 9.02. The Morgan fingerprint density at radius 1 is 1.41 bits per heavy atom. The first kappa shape index (κ1) is 13.4. The number of nitrogens with one attached hydrogen (secondary N) is 1. The van der Waals surface area contributed by atoms with E-state index in [0.29, 0.717) is 17.3 Å². The van der Waals surface area contributed by atoms with Crippen molar-refractivity contribution in [2.75, 3.05) is 11.1 Å². The van der Waals surface area contributed by atoms with Crippen molar-refractivity contribution in [2.45, 2.75) is 45.6 Å². The molecular weight excluding hydrogens is 210 g/mol. The van der Waals surface area contributed by atoms with Crippen LogP contribution in [0, 0.1) is 11.3 Å². The summed E-state index contributed by atoms with van der Waals surface area (Å²) in [5.74, 6) is 0. The van der Waals surface area contributed by atoms with Crippen LogP contribution in [0.2, 0.25) is 0 Å². The van der Waals surface area contributed by atoms with Crippen LogP contribution >= 0.6 is 0 Å². The zero-order chi connectivity index (χ0) is 12.7. The molecule has 0 heterocycles. The predicted molar refractivity (Wildman–Crippen MR) is 72.8 cm³/mol. The molecule has 0 aliphatic rings. The van der Waals surface area contributed by atoms with E-state index in [2.05, 4.69) is 25.2 Å². The average molecular weight is 231 g/mol. The summed E-state index contributed by atoms with van der Waals surface area (Å²) in [5.41, 5.74) is 7.78. The van der Waals surface area contributed by atoms with Gasteiger partial charge >= 0.3 is 0 Å². The molecule has 0 aliphatic carbocycles. The van der Waals surface area contributed by atoms with E-state index in [0.717, 1.165) is 12.1 Å². The van der Waals surface area contributed by atoms with E-state index >= 15 is 0 Å². The second kappa shape index (κ2) is 6.80. The Labute approximate surface area is 104 Å². The summed E-state index contributed by atoms with van der Waals surface area (Å²) in [7, 11) is 0. The summed E-state index contributed by atoms with van der Waals surface area (Å²) in [6.07, 6.45) is 4.85. The molecule has 0 radical (unpaired) electrons. The Morgan fingerprint density at radius 2 is 2.18 bits per heavy atom. The summed E-state index contributed by atoms with van der Waals surface area (Å²) in [6, 6.07) is 7.96. The van der Waals surface area contributed by atoms with Crippen molar-refractivity contribution < 1.29 is 0 Å². The summed E-state index contributed by atoms with van der Waals surface area (Å²) in [6.45, 7) is 4.35. The van der Waals surface area contributed by atoms with Gasteiger partial charge in [0.05, 0.1) is 11.3 Å². The maximum Gasteiger partial charge on any atom is 0.101 e. The molecule has 3 N–H and O–H groups in total. The molecule has 0 fully saturated rings. The fourth-order valence-corrected chi connectivity index (χ4v) is 1.82. The Morgan fingerprint density at radius 3 is 2.82 bits per heavy atom. The molecule has 3 nitrogen and oxygen atoms in total. The first-order chi connectivity index (χ1) is 8.17. The molecule has 1 aromatic carbocycles. The normalized spacial score (nSPS) is 11.8. The lowest BCUT2D eigenvalue weighted by atomic mass is 10.1. The van der Waals surface area contributed by atoms with Gasteiger partial charge in [-0.05, 0) is 31.5 Å². The van der Waals surface area contributed by atoms with E-state index in [1.165, 1.54) is 19.3 Å². The molecule has 0 spiro atoms. The van der Waals surface area contributed by atoms with Crippen molar-refractivity contribution in [3.05, 3.63) is 23.8 Å². The standard InChI is InChI=1S/C14H21N3/c1-3-4-5-6-11(2)17-14-8-7-13(16)9-12(14)10-15/h7-9,11,17H,3-6,16H2,1-2H3. The second-order valence-corrected chi connectivity index (χ2v) is 4.46. The Bertz CT molecular complexity index is 393. The number of nitrogens with zero attached hydrogens (tertiary/aromatic N) is 1. The van der Waals surface area contributed by atoms with Crippen LogP contribution in [0.4, 0.5) is 11.4 Å². The van der Waals surface area contributed by atoms with Crippen molar-refractivity contribution >= 4 is 11.4 Å². The number of nitrogen functional groups attached to an aromatic ring is 1. The molecule has 0 aromatic heterocycles. The molecule has 0 amide bonds. The van der Waals surface area contributed by atoms with Gasteiger partial charge in [-0.25, -0.2) is 0 Å². The van der Waals surface area contributed by atoms with Crippen LogP contribution in [0.3, 0.4) is 0 Å². The van der Waals surface area contributed by atoms with Gasteiger partial charge in [0.2, 0.25) is 0 Å². The van der Waals surface area contributed by atoms with Crippen molar-refractivity contribution in [1.29, 1.82) is 5.26 Å². The Hall–Kier alpha value is -1.69. The minimum atomic E-state index is 0.386. The van der Waals surface area contributed by atoms with Crippen LogP contribution in [0.1, 0.15) is 45.1 Å². The molecule has 0 saturated carbocycles. The lowest BCUT2D eigenvalue weighted by molar-refractivity contribution is 0.615. The van der Waals surface area contributed by atoms with Gasteiger partial charge in [-0.3, -0.25) is 0 Å². The maximum absolute atomic E-state index is 9.02.